The molecule has 1 aromatic carbocycles. The summed E-state index contributed by atoms with van der Waals surface area (Å²) < 4.78 is 11.2. The van der Waals surface area contributed by atoms with Crippen molar-refractivity contribution < 1.29 is 9.47 Å². The van der Waals surface area contributed by atoms with Crippen LogP contribution in [-0.4, -0.2) is 62.0 Å². The average Bonchev–Trinajstić information content (AvgIpc) is 3.13. The van der Waals surface area contributed by atoms with Gasteiger partial charge in [-0.05, 0) is 30.1 Å². The number of hydrogen-bond donors (Lipinski definition) is 1. The molecule has 4 aliphatic rings. The zero-order chi connectivity index (χ0) is 18.8. The van der Waals surface area contributed by atoms with Crippen molar-refractivity contribution in [2.24, 2.45) is 5.92 Å². The van der Waals surface area contributed by atoms with E-state index in [1.54, 1.807) is 0 Å². The zero-order valence-corrected chi connectivity index (χ0v) is 16.3. The van der Waals surface area contributed by atoms with Crippen molar-refractivity contribution in [3.8, 4) is 0 Å². The largest absolute Gasteiger partial charge is 0.381 e. The summed E-state index contributed by atoms with van der Waals surface area (Å²) in [5.41, 5.74) is 5.39. The molecule has 0 saturated carbocycles. The van der Waals surface area contributed by atoms with Crippen LogP contribution in [0.4, 0.5) is 0 Å². The van der Waals surface area contributed by atoms with Gasteiger partial charge in [0.15, 0.2) is 0 Å². The lowest BCUT2D eigenvalue weighted by Gasteiger charge is -2.32. The first-order valence-corrected chi connectivity index (χ1v) is 10.5. The van der Waals surface area contributed by atoms with E-state index >= 15 is 0 Å². The van der Waals surface area contributed by atoms with Crippen molar-refractivity contribution in [1.29, 1.82) is 0 Å². The van der Waals surface area contributed by atoms with Gasteiger partial charge < -0.3 is 19.7 Å². The number of rotatable bonds is 4. The van der Waals surface area contributed by atoms with Crippen LogP contribution in [-0.2, 0) is 9.47 Å². The van der Waals surface area contributed by atoms with Gasteiger partial charge in [0, 0.05) is 50.7 Å². The molecule has 0 bridgehead atoms. The molecule has 2 saturated heterocycles. The number of allylic oxidation sites excluding steroid dienone is 3. The molecule has 1 atom stereocenters. The number of hydrogen-bond acceptors (Lipinski definition) is 5. The molecule has 148 valence electrons. The highest BCUT2D eigenvalue weighted by atomic mass is 16.5. The highest BCUT2D eigenvalue weighted by Gasteiger charge is 2.35. The van der Waals surface area contributed by atoms with Crippen LogP contribution >= 0.6 is 0 Å². The quantitative estimate of drug-likeness (QED) is 0.871. The van der Waals surface area contributed by atoms with Crippen LogP contribution in [0.3, 0.4) is 0 Å². The van der Waals surface area contributed by atoms with Crippen LogP contribution in [0.1, 0.15) is 18.4 Å². The van der Waals surface area contributed by atoms with Crippen molar-refractivity contribution in [2.45, 2.75) is 19.0 Å². The smallest absolute Gasteiger partial charge is 0.122 e. The van der Waals surface area contributed by atoms with Gasteiger partial charge in [-0.3, -0.25) is 4.90 Å². The Balaban J connectivity index is 1.46. The summed E-state index contributed by atoms with van der Waals surface area (Å²) in [4.78, 5) is 4.99. The minimum atomic E-state index is 0.223. The van der Waals surface area contributed by atoms with Crippen LogP contribution < -0.4 is 5.32 Å². The van der Waals surface area contributed by atoms with Crippen molar-refractivity contribution >= 4 is 5.57 Å². The van der Waals surface area contributed by atoms with Gasteiger partial charge in [0.05, 0.1) is 18.9 Å². The van der Waals surface area contributed by atoms with E-state index in [9.17, 15) is 0 Å². The van der Waals surface area contributed by atoms with E-state index in [0.717, 1.165) is 58.9 Å². The minimum Gasteiger partial charge on any atom is -0.381 e. The Morgan fingerprint density at radius 3 is 2.50 bits per heavy atom. The first kappa shape index (κ1) is 18.0. The van der Waals surface area contributed by atoms with E-state index in [0.29, 0.717) is 5.92 Å². The standard InChI is InChI=1S/C23H29N3O2/c1-2-4-18(5-3-1)20-6-7-22-24-23(19-8-12-27-13-9-19)21(26(22)16-20)17-25-10-14-28-15-11-25/h1-7,16,19,22,24H,8-15,17H2. The number of benzene rings is 1. The van der Waals surface area contributed by atoms with Crippen molar-refractivity contribution in [2.75, 3.05) is 46.1 Å². The Labute approximate surface area is 167 Å². The van der Waals surface area contributed by atoms with Gasteiger partial charge in [-0.15, -0.1) is 0 Å². The van der Waals surface area contributed by atoms with E-state index < -0.39 is 0 Å². The molecule has 4 heterocycles. The molecule has 0 amide bonds. The normalized spacial score (nSPS) is 26.2. The molecule has 1 N–H and O–H groups in total. The number of fused-ring (bicyclic) bond motifs is 1. The second kappa shape index (κ2) is 8.11. The summed E-state index contributed by atoms with van der Waals surface area (Å²) in [6, 6.07) is 10.7. The van der Waals surface area contributed by atoms with Crippen LogP contribution in [0.2, 0.25) is 0 Å². The molecular formula is C23H29N3O2. The van der Waals surface area contributed by atoms with E-state index in [2.05, 4.69) is 63.8 Å². The highest BCUT2D eigenvalue weighted by Crippen LogP contribution is 2.35. The topological polar surface area (TPSA) is 37.0 Å². The third-order valence-electron chi connectivity index (χ3n) is 6.18. The third kappa shape index (κ3) is 3.62. The van der Waals surface area contributed by atoms with Gasteiger partial charge in [-0.1, -0.05) is 36.4 Å². The highest BCUT2D eigenvalue weighted by molar-refractivity contribution is 5.75. The van der Waals surface area contributed by atoms with Gasteiger partial charge in [-0.25, -0.2) is 0 Å². The molecule has 5 heteroatoms. The maximum Gasteiger partial charge on any atom is 0.122 e. The molecular weight excluding hydrogens is 350 g/mol. The van der Waals surface area contributed by atoms with Crippen LogP contribution in [0.25, 0.3) is 5.57 Å². The van der Waals surface area contributed by atoms with E-state index in [4.69, 9.17) is 9.47 Å². The van der Waals surface area contributed by atoms with Crippen LogP contribution in [0.15, 0.2) is 60.1 Å². The number of ether oxygens (including phenoxy) is 2. The number of nitrogens with zero attached hydrogens (tertiary/aromatic N) is 2. The average molecular weight is 380 g/mol. The van der Waals surface area contributed by atoms with Crippen LogP contribution in [0.5, 0.6) is 0 Å². The summed E-state index contributed by atoms with van der Waals surface area (Å²) in [5, 5.41) is 3.83. The molecule has 4 aliphatic heterocycles. The summed E-state index contributed by atoms with van der Waals surface area (Å²) in [6.07, 6.45) is 9.32. The summed E-state index contributed by atoms with van der Waals surface area (Å²) in [7, 11) is 0. The van der Waals surface area contributed by atoms with Crippen LogP contribution in [0, 0.1) is 5.92 Å². The lowest BCUT2D eigenvalue weighted by atomic mass is 9.95. The minimum absolute atomic E-state index is 0.223. The van der Waals surface area contributed by atoms with Crippen molar-refractivity contribution in [3.05, 3.63) is 65.6 Å². The number of morpholine rings is 1. The second-order valence-electron chi connectivity index (χ2n) is 7.94. The molecule has 2 fully saturated rings. The first-order valence-electron chi connectivity index (χ1n) is 10.5. The lowest BCUT2D eigenvalue weighted by Crippen LogP contribution is -2.40. The fraction of sp³-hybridized carbons (Fsp3) is 0.478. The Hall–Kier alpha value is -2.08. The molecule has 28 heavy (non-hydrogen) atoms. The van der Waals surface area contributed by atoms with E-state index in [-0.39, 0.29) is 6.17 Å². The van der Waals surface area contributed by atoms with E-state index in [1.165, 1.54) is 22.5 Å². The third-order valence-corrected chi connectivity index (χ3v) is 6.18. The molecule has 0 aliphatic carbocycles. The monoisotopic (exact) mass is 379 g/mol. The Morgan fingerprint density at radius 2 is 1.71 bits per heavy atom. The summed E-state index contributed by atoms with van der Waals surface area (Å²) >= 11 is 0. The van der Waals surface area contributed by atoms with Gasteiger partial charge in [0.25, 0.3) is 0 Å². The SMILES string of the molecule is C1=CC2NC(C3CCOCC3)=C(CN3CCOCC3)N2C=C1c1ccccc1. The molecule has 0 aromatic heterocycles. The predicted octanol–water partition coefficient (Wildman–Crippen LogP) is 2.80. The fourth-order valence-corrected chi connectivity index (χ4v) is 4.58. The number of nitrogens with one attached hydrogen (secondary N) is 1. The molecule has 1 aromatic rings. The van der Waals surface area contributed by atoms with Crippen molar-refractivity contribution in [1.82, 2.24) is 15.1 Å². The molecule has 5 nitrogen and oxygen atoms in total. The maximum absolute atomic E-state index is 5.62. The lowest BCUT2D eigenvalue weighted by molar-refractivity contribution is 0.0397. The zero-order valence-electron chi connectivity index (χ0n) is 16.3. The Bertz CT molecular complexity index is 774. The van der Waals surface area contributed by atoms with Gasteiger partial charge in [-0.2, -0.15) is 0 Å². The Morgan fingerprint density at radius 1 is 0.964 bits per heavy atom. The molecule has 0 radical (unpaired) electrons. The fourth-order valence-electron chi connectivity index (χ4n) is 4.58. The molecule has 0 spiro atoms. The maximum atomic E-state index is 5.62. The second-order valence-corrected chi connectivity index (χ2v) is 7.94. The van der Waals surface area contributed by atoms with E-state index in [1.807, 2.05) is 0 Å². The predicted molar refractivity (Wildman–Crippen MR) is 110 cm³/mol. The molecule has 5 rings (SSSR count). The summed E-state index contributed by atoms with van der Waals surface area (Å²) in [5.74, 6) is 0.567. The van der Waals surface area contributed by atoms with Crippen molar-refractivity contribution in [3.63, 3.8) is 0 Å². The van der Waals surface area contributed by atoms with Gasteiger partial charge in [0.2, 0.25) is 0 Å². The van der Waals surface area contributed by atoms with Gasteiger partial charge in [0.1, 0.15) is 6.17 Å². The van der Waals surface area contributed by atoms with Gasteiger partial charge >= 0.3 is 0 Å². The summed E-state index contributed by atoms with van der Waals surface area (Å²) in [6.45, 7) is 6.40. The first-order chi connectivity index (χ1) is 13.9. The molecule has 1 unspecified atom stereocenters. The Kier molecular flexibility index (Phi) is 5.21.